The number of nitrogens with zero attached hydrogens (tertiary/aromatic N) is 3. The second kappa shape index (κ2) is 8.23. The van der Waals surface area contributed by atoms with Gasteiger partial charge in [-0.1, -0.05) is 41.9 Å². The standard InChI is InChI=1S/C20H23ClN4O2/c21-17-13-18(24-19(23-17)15-6-7-15)22-16(12-14-4-2-1-3-5-14)20(26)25-8-10-27-11-9-25/h1-5,13,15-16H,6-12H2,(H,22,23,24). The predicted octanol–water partition coefficient (Wildman–Crippen LogP) is 2.89. The largest absolute Gasteiger partial charge is 0.378 e. The van der Waals surface area contributed by atoms with Crippen LogP contribution in [0.25, 0.3) is 0 Å². The van der Waals surface area contributed by atoms with Gasteiger partial charge in [-0.15, -0.1) is 0 Å². The monoisotopic (exact) mass is 386 g/mol. The molecular weight excluding hydrogens is 364 g/mol. The number of halogens is 1. The minimum Gasteiger partial charge on any atom is -0.378 e. The van der Waals surface area contributed by atoms with Crippen LogP contribution in [-0.2, 0) is 16.0 Å². The van der Waals surface area contributed by atoms with Crippen LogP contribution in [-0.4, -0.2) is 53.1 Å². The molecule has 1 saturated carbocycles. The van der Waals surface area contributed by atoms with Crippen LogP contribution >= 0.6 is 11.6 Å². The van der Waals surface area contributed by atoms with Gasteiger partial charge in [0.05, 0.1) is 13.2 Å². The van der Waals surface area contributed by atoms with Crippen LogP contribution in [0.1, 0.15) is 30.1 Å². The first-order chi connectivity index (χ1) is 13.2. The van der Waals surface area contributed by atoms with Crippen molar-refractivity contribution in [2.45, 2.75) is 31.2 Å². The van der Waals surface area contributed by atoms with Crippen molar-refractivity contribution in [3.8, 4) is 0 Å². The highest BCUT2D eigenvalue weighted by Gasteiger charge is 2.29. The number of amides is 1. The zero-order valence-corrected chi connectivity index (χ0v) is 15.9. The van der Waals surface area contributed by atoms with Crippen molar-refractivity contribution in [2.24, 2.45) is 0 Å². The van der Waals surface area contributed by atoms with Gasteiger partial charge in [0.25, 0.3) is 0 Å². The van der Waals surface area contributed by atoms with Crippen LogP contribution in [0.15, 0.2) is 36.4 Å². The van der Waals surface area contributed by atoms with Crippen LogP contribution in [0.3, 0.4) is 0 Å². The van der Waals surface area contributed by atoms with Crippen molar-refractivity contribution >= 4 is 23.3 Å². The smallest absolute Gasteiger partial charge is 0.245 e. The van der Waals surface area contributed by atoms with E-state index in [1.807, 2.05) is 35.2 Å². The molecular formula is C20H23ClN4O2. The number of ether oxygens (including phenoxy) is 1. The highest BCUT2D eigenvalue weighted by Crippen LogP contribution is 2.38. The molecule has 1 saturated heterocycles. The average molecular weight is 387 g/mol. The minimum atomic E-state index is -0.413. The van der Waals surface area contributed by atoms with Gasteiger partial charge < -0.3 is 15.0 Å². The molecule has 142 valence electrons. The molecule has 0 spiro atoms. The van der Waals surface area contributed by atoms with Gasteiger partial charge in [-0.25, -0.2) is 9.97 Å². The lowest BCUT2D eigenvalue weighted by Gasteiger charge is -2.31. The van der Waals surface area contributed by atoms with Crippen LogP contribution in [0.4, 0.5) is 5.82 Å². The first-order valence-electron chi connectivity index (χ1n) is 9.40. The van der Waals surface area contributed by atoms with Gasteiger partial charge in [0.2, 0.25) is 5.91 Å². The van der Waals surface area contributed by atoms with Crippen molar-refractivity contribution in [3.63, 3.8) is 0 Å². The Hall–Kier alpha value is -2.18. The Morgan fingerprint density at radius 3 is 2.67 bits per heavy atom. The highest BCUT2D eigenvalue weighted by atomic mass is 35.5. The molecule has 0 bridgehead atoms. The molecule has 1 amide bonds. The SMILES string of the molecule is O=C(C(Cc1ccccc1)Nc1cc(Cl)nc(C2CC2)n1)N1CCOCC1. The number of nitrogens with one attached hydrogen (secondary N) is 1. The van der Waals surface area contributed by atoms with E-state index in [2.05, 4.69) is 15.3 Å². The summed E-state index contributed by atoms with van der Waals surface area (Å²) in [5.74, 6) is 1.83. The van der Waals surface area contributed by atoms with Crippen LogP contribution in [0, 0.1) is 0 Å². The molecule has 1 atom stereocenters. The van der Waals surface area contributed by atoms with E-state index < -0.39 is 6.04 Å². The van der Waals surface area contributed by atoms with Gasteiger partial charge in [0, 0.05) is 31.5 Å². The maximum Gasteiger partial charge on any atom is 0.245 e. The highest BCUT2D eigenvalue weighted by molar-refractivity contribution is 6.29. The Labute approximate surface area is 163 Å². The van der Waals surface area contributed by atoms with Gasteiger partial charge in [-0.05, 0) is 18.4 Å². The Balaban J connectivity index is 1.56. The first kappa shape index (κ1) is 18.2. The molecule has 1 unspecified atom stereocenters. The van der Waals surface area contributed by atoms with Crippen LogP contribution in [0.2, 0.25) is 5.15 Å². The molecule has 1 aliphatic heterocycles. The topological polar surface area (TPSA) is 67.4 Å². The molecule has 1 aromatic heterocycles. The molecule has 2 heterocycles. The van der Waals surface area contributed by atoms with E-state index in [9.17, 15) is 4.79 Å². The van der Waals surface area contributed by atoms with Gasteiger partial charge >= 0.3 is 0 Å². The number of aromatic nitrogens is 2. The zero-order chi connectivity index (χ0) is 18.6. The molecule has 6 nitrogen and oxygen atoms in total. The summed E-state index contributed by atoms with van der Waals surface area (Å²) >= 11 is 6.19. The van der Waals surface area contributed by atoms with Gasteiger partial charge in [0.15, 0.2) is 0 Å². The lowest BCUT2D eigenvalue weighted by molar-refractivity contribution is -0.136. The number of anilines is 1. The molecule has 1 aliphatic carbocycles. The number of rotatable bonds is 6. The van der Waals surface area contributed by atoms with E-state index in [0.717, 1.165) is 24.2 Å². The molecule has 2 aromatic rings. The second-order valence-corrected chi connectivity index (χ2v) is 7.42. The van der Waals surface area contributed by atoms with E-state index >= 15 is 0 Å². The van der Waals surface area contributed by atoms with E-state index in [1.165, 1.54) is 0 Å². The van der Waals surface area contributed by atoms with Gasteiger partial charge in [-0.2, -0.15) is 0 Å². The number of hydrogen-bond donors (Lipinski definition) is 1. The van der Waals surface area contributed by atoms with Crippen molar-refractivity contribution in [2.75, 3.05) is 31.6 Å². The van der Waals surface area contributed by atoms with E-state index in [0.29, 0.717) is 49.6 Å². The Bertz CT molecular complexity index is 792. The molecule has 1 aromatic carbocycles. The third-order valence-electron chi connectivity index (χ3n) is 4.88. The molecule has 0 radical (unpaired) electrons. The number of morpholine rings is 1. The molecule has 2 aliphatic rings. The first-order valence-corrected chi connectivity index (χ1v) is 9.78. The Morgan fingerprint density at radius 2 is 1.96 bits per heavy atom. The van der Waals surface area contributed by atoms with Gasteiger partial charge in [-0.3, -0.25) is 4.79 Å². The molecule has 2 fully saturated rings. The van der Waals surface area contributed by atoms with E-state index in [-0.39, 0.29) is 5.91 Å². The third-order valence-corrected chi connectivity index (χ3v) is 5.07. The number of carbonyl (C=O) groups is 1. The summed E-state index contributed by atoms with van der Waals surface area (Å²) in [6.45, 7) is 2.39. The normalized spacial score (nSPS) is 18.2. The number of benzene rings is 1. The summed E-state index contributed by atoms with van der Waals surface area (Å²) in [5.41, 5.74) is 1.10. The van der Waals surface area contributed by atoms with E-state index in [1.54, 1.807) is 6.07 Å². The Morgan fingerprint density at radius 1 is 1.22 bits per heavy atom. The van der Waals surface area contributed by atoms with Crippen LogP contribution in [0.5, 0.6) is 0 Å². The summed E-state index contributed by atoms with van der Waals surface area (Å²) < 4.78 is 5.38. The summed E-state index contributed by atoms with van der Waals surface area (Å²) in [5, 5.41) is 3.73. The lowest BCUT2D eigenvalue weighted by atomic mass is 10.0. The second-order valence-electron chi connectivity index (χ2n) is 7.03. The maximum atomic E-state index is 13.2. The average Bonchev–Trinajstić information content (AvgIpc) is 3.53. The van der Waals surface area contributed by atoms with Crippen LogP contribution < -0.4 is 5.32 Å². The predicted molar refractivity (Wildman–Crippen MR) is 104 cm³/mol. The van der Waals surface area contributed by atoms with Crippen molar-refractivity contribution in [1.29, 1.82) is 0 Å². The fourth-order valence-electron chi connectivity index (χ4n) is 3.27. The minimum absolute atomic E-state index is 0.0601. The molecule has 7 heteroatoms. The Kier molecular flexibility index (Phi) is 5.55. The summed E-state index contributed by atoms with van der Waals surface area (Å²) in [6.07, 6.45) is 2.78. The third kappa shape index (κ3) is 4.76. The quantitative estimate of drug-likeness (QED) is 0.773. The molecule has 4 rings (SSSR count). The van der Waals surface area contributed by atoms with Crippen molar-refractivity contribution < 1.29 is 9.53 Å². The zero-order valence-electron chi connectivity index (χ0n) is 15.1. The fourth-order valence-corrected chi connectivity index (χ4v) is 3.46. The van der Waals surface area contributed by atoms with Crippen molar-refractivity contribution in [3.05, 3.63) is 52.9 Å². The molecule has 27 heavy (non-hydrogen) atoms. The summed E-state index contributed by atoms with van der Waals surface area (Å²) in [7, 11) is 0. The van der Waals surface area contributed by atoms with Gasteiger partial charge in [0.1, 0.15) is 22.8 Å². The maximum absolute atomic E-state index is 13.2. The molecule has 1 N–H and O–H groups in total. The lowest BCUT2D eigenvalue weighted by Crippen LogP contribution is -2.48. The number of carbonyl (C=O) groups excluding carboxylic acids is 1. The van der Waals surface area contributed by atoms with E-state index in [4.69, 9.17) is 16.3 Å². The fraction of sp³-hybridized carbons (Fsp3) is 0.450. The van der Waals surface area contributed by atoms with Crippen molar-refractivity contribution in [1.82, 2.24) is 14.9 Å². The summed E-state index contributed by atoms with van der Waals surface area (Å²) in [6, 6.07) is 11.3. The summed E-state index contributed by atoms with van der Waals surface area (Å²) in [4.78, 5) is 23.9. The number of hydrogen-bond acceptors (Lipinski definition) is 5.